The fourth-order valence-corrected chi connectivity index (χ4v) is 5.07. The standard InChI is InChI=1S/C25H26FN3O3S/c26-22-7-1-18(2-8-22)17-27-25(30)21-3-9-23(10-4-21)28-33(32)24-11-5-19(6-12-24)20-13-15-29(31)16-14-20/h1-2,5-8,11-16,21,23,28H,3-4,9-10,17H2,(H-,27,30,31)/p+1/t21-,23+,33?. The van der Waals surface area contributed by atoms with Crippen molar-refractivity contribution in [2.75, 3.05) is 0 Å². The van der Waals surface area contributed by atoms with Crippen molar-refractivity contribution in [3.8, 4) is 11.1 Å². The zero-order valence-corrected chi connectivity index (χ0v) is 18.9. The van der Waals surface area contributed by atoms with Crippen LogP contribution in [0.2, 0.25) is 0 Å². The van der Waals surface area contributed by atoms with E-state index in [2.05, 4.69) is 10.0 Å². The Hall–Kier alpha value is -2.94. The van der Waals surface area contributed by atoms with Crippen molar-refractivity contribution < 1.29 is 23.7 Å². The molecule has 1 aromatic heterocycles. The van der Waals surface area contributed by atoms with Crippen LogP contribution in [-0.4, -0.2) is 21.7 Å². The van der Waals surface area contributed by atoms with Gasteiger partial charge in [0.1, 0.15) is 5.82 Å². The van der Waals surface area contributed by atoms with Crippen LogP contribution in [0, 0.1) is 11.7 Å². The predicted molar refractivity (Wildman–Crippen MR) is 123 cm³/mol. The molecule has 172 valence electrons. The highest BCUT2D eigenvalue weighted by atomic mass is 32.2. The molecule has 1 aliphatic rings. The van der Waals surface area contributed by atoms with E-state index in [0.29, 0.717) is 11.4 Å². The SMILES string of the molecule is O=C(NCc1ccc(F)cc1)[C@H]1CC[C@@H](N[S+]([O-])c2ccc(-c3cc[n+](O)cc3)cc2)CC1. The second kappa shape index (κ2) is 10.8. The zero-order chi connectivity index (χ0) is 23.2. The number of amides is 1. The largest absolute Gasteiger partial charge is 0.593 e. The Morgan fingerprint density at radius 2 is 1.58 bits per heavy atom. The van der Waals surface area contributed by atoms with Gasteiger partial charge in [-0.25, -0.2) is 4.39 Å². The third kappa shape index (κ3) is 6.31. The van der Waals surface area contributed by atoms with E-state index in [0.717, 1.165) is 47.1 Å². The molecule has 0 saturated heterocycles. The first-order valence-electron chi connectivity index (χ1n) is 11.0. The van der Waals surface area contributed by atoms with Crippen LogP contribution >= 0.6 is 0 Å². The van der Waals surface area contributed by atoms with E-state index in [1.165, 1.54) is 12.1 Å². The highest BCUT2D eigenvalue weighted by Gasteiger charge is 2.29. The highest BCUT2D eigenvalue weighted by Crippen LogP contribution is 2.26. The molecule has 1 unspecified atom stereocenters. The number of carbonyl (C=O) groups excluding carboxylic acids is 1. The topological polar surface area (TPSA) is 88.3 Å². The Morgan fingerprint density at radius 1 is 0.970 bits per heavy atom. The molecular formula is C25H27FN3O3S+. The number of rotatable bonds is 7. The molecule has 1 atom stereocenters. The molecular weight excluding hydrogens is 441 g/mol. The Labute approximate surface area is 195 Å². The average molecular weight is 469 g/mol. The van der Waals surface area contributed by atoms with Gasteiger partial charge in [-0.1, -0.05) is 12.1 Å². The summed E-state index contributed by atoms with van der Waals surface area (Å²) in [5, 5.41) is 12.3. The van der Waals surface area contributed by atoms with E-state index in [1.807, 2.05) is 24.3 Å². The van der Waals surface area contributed by atoms with E-state index in [1.54, 1.807) is 36.7 Å². The van der Waals surface area contributed by atoms with Crippen molar-refractivity contribution in [1.82, 2.24) is 10.0 Å². The number of nitrogens with zero attached hydrogens (tertiary/aromatic N) is 1. The number of hydrogen-bond donors (Lipinski definition) is 3. The maximum Gasteiger partial charge on any atom is 0.223 e. The maximum absolute atomic E-state index is 13.0. The zero-order valence-electron chi connectivity index (χ0n) is 18.1. The number of hydrogen-bond acceptors (Lipinski definition) is 4. The molecule has 0 radical (unpaired) electrons. The first kappa shape index (κ1) is 23.2. The summed E-state index contributed by atoms with van der Waals surface area (Å²) in [6.45, 7) is 0.389. The molecule has 1 fully saturated rings. The lowest BCUT2D eigenvalue weighted by molar-refractivity contribution is -0.904. The van der Waals surface area contributed by atoms with Crippen LogP contribution < -0.4 is 14.8 Å². The molecule has 6 nitrogen and oxygen atoms in total. The van der Waals surface area contributed by atoms with E-state index in [9.17, 15) is 18.9 Å². The first-order chi connectivity index (χ1) is 16.0. The second-order valence-electron chi connectivity index (χ2n) is 8.27. The van der Waals surface area contributed by atoms with Crippen LogP contribution in [0.15, 0.2) is 78.0 Å². The summed E-state index contributed by atoms with van der Waals surface area (Å²) in [6, 6.07) is 17.3. The van der Waals surface area contributed by atoms with Gasteiger partial charge in [0.2, 0.25) is 18.3 Å². The Kier molecular flexibility index (Phi) is 7.59. The maximum atomic E-state index is 13.0. The number of pyridine rings is 1. The molecule has 1 saturated carbocycles. The molecule has 8 heteroatoms. The molecule has 1 heterocycles. The van der Waals surface area contributed by atoms with Crippen molar-refractivity contribution in [2.45, 2.75) is 43.2 Å². The summed E-state index contributed by atoms with van der Waals surface area (Å²) in [7, 11) is 0. The number of benzene rings is 2. The Bertz CT molecular complexity index is 1050. The first-order valence-corrected chi connectivity index (χ1v) is 12.1. The van der Waals surface area contributed by atoms with E-state index < -0.39 is 11.4 Å². The summed E-state index contributed by atoms with van der Waals surface area (Å²) >= 11 is -1.33. The smallest absolute Gasteiger partial charge is 0.223 e. The van der Waals surface area contributed by atoms with E-state index in [-0.39, 0.29) is 23.7 Å². The Morgan fingerprint density at radius 3 is 2.21 bits per heavy atom. The quantitative estimate of drug-likeness (QED) is 0.281. The number of carbonyl (C=O) groups is 1. The molecule has 3 N–H and O–H groups in total. The van der Waals surface area contributed by atoms with Crippen molar-refractivity contribution in [3.05, 3.63) is 84.4 Å². The second-order valence-corrected chi connectivity index (χ2v) is 9.52. The average Bonchev–Trinajstić information content (AvgIpc) is 2.84. The third-order valence-corrected chi connectivity index (χ3v) is 7.21. The fourth-order valence-electron chi connectivity index (χ4n) is 4.01. The Balaban J connectivity index is 1.23. The monoisotopic (exact) mass is 468 g/mol. The highest BCUT2D eigenvalue weighted by molar-refractivity contribution is 7.89. The normalized spacial score (nSPS) is 19.1. The molecule has 4 rings (SSSR count). The van der Waals surface area contributed by atoms with Gasteiger partial charge in [0, 0.05) is 29.3 Å². The molecule has 33 heavy (non-hydrogen) atoms. The minimum absolute atomic E-state index is 0.0158. The van der Waals surface area contributed by atoms with Crippen molar-refractivity contribution in [1.29, 1.82) is 0 Å². The van der Waals surface area contributed by atoms with Gasteiger partial charge in [-0.3, -0.25) is 10.0 Å². The lowest BCUT2D eigenvalue weighted by Crippen LogP contribution is -2.40. The molecule has 1 aliphatic carbocycles. The van der Waals surface area contributed by atoms with Gasteiger partial charge in [0.15, 0.2) is 4.90 Å². The summed E-state index contributed by atoms with van der Waals surface area (Å²) in [5.41, 5.74) is 2.80. The molecule has 0 aliphatic heterocycles. The molecule has 0 spiro atoms. The summed E-state index contributed by atoms with van der Waals surface area (Å²) in [5.74, 6) is -0.331. The van der Waals surface area contributed by atoms with Gasteiger partial charge in [-0.15, -0.1) is 4.72 Å². The lowest BCUT2D eigenvalue weighted by atomic mass is 9.86. The van der Waals surface area contributed by atoms with Gasteiger partial charge in [-0.2, -0.15) is 0 Å². The number of aromatic nitrogens is 1. The van der Waals surface area contributed by atoms with Crippen molar-refractivity contribution in [2.24, 2.45) is 5.92 Å². The summed E-state index contributed by atoms with van der Waals surface area (Å²) in [4.78, 5) is 13.2. The third-order valence-electron chi connectivity index (χ3n) is 5.97. The molecule has 2 aromatic carbocycles. The minimum Gasteiger partial charge on any atom is -0.593 e. The predicted octanol–water partition coefficient (Wildman–Crippen LogP) is 3.50. The van der Waals surface area contributed by atoms with Crippen LogP contribution in [-0.2, 0) is 22.7 Å². The van der Waals surface area contributed by atoms with E-state index >= 15 is 0 Å². The van der Waals surface area contributed by atoms with Crippen molar-refractivity contribution in [3.63, 3.8) is 0 Å². The summed E-state index contributed by atoms with van der Waals surface area (Å²) in [6.07, 6.45) is 6.15. The van der Waals surface area contributed by atoms with E-state index in [4.69, 9.17) is 0 Å². The number of nitrogens with one attached hydrogen (secondary N) is 2. The molecule has 3 aromatic rings. The van der Waals surface area contributed by atoms with Crippen LogP contribution in [0.4, 0.5) is 4.39 Å². The lowest BCUT2D eigenvalue weighted by Gasteiger charge is -2.28. The van der Waals surface area contributed by atoms with Crippen LogP contribution in [0.3, 0.4) is 0 Å². The molecule has 1 amide bonds. The minimum atomic E-state index is -1.33. The van der Waals surface area contributed by atoms with Crippen molar-refractivity contribution >= 4 is 17.3 Å². The van der Waals surface area contributed by atoms with Gasteiger partial charge in [0.05, 0.1) is 17.4 Å². The van der Waals surface area contributed by atoms with Gasteiger partial charge in [0.25, 0.3) is 0 Å². The summed E-state index contributed by atoms with van der Waals surface area (Å²) < 4.78 is 29.9. The number of halogens is 1. The van der Waals surface area contributed by atoms with Crippen LogP contribution in [0.1, 0.15) is 31.2 Å². The fraction of sp³-hybridized carbons (Fsp3) is 0.280. The van der Waals surface area contributed by atoms with Gasteiger partial charge < -0.3 is 9.87 Å². The van der Waals surface area contributed by atoms with Crippen LogP contribution in [0.5, 0.6) is 0 Å². The van der Waals surface area contributed by atoms with Gasteiger partial charge in [-0.05, 0) is 78.8 Å². The molecule has 0 bridgehead atoms. The van der Waals surface area contributed by atoms with Gasteiger partial charge >= 0.3 is 0 Å². The van der Waals surface area contributed by atoms with Crippen LogP contribution in [0.25, 0.3) is 11.1 Å².